The average molecular weight is 362 g/mol. The summed E-state index contributed by atoms with van der Waals surface area (Å²) in [6.07, 6.45) is 4.02. The lowest BCUT2D eigenvalue weighted by molar-refractivity contribution is -0.00341. The van der Waals surface area contributed by atoms with E-state index in [1.165, 1.54) is 37.1 Å². The van der Waals surface area contributed by atoms with Gasteiger partial charge in [0.15, 0.2) is 0 Å². The van der Waals surface area contributed by atoms with Crippen molar-refractivity contribution in [2.75, 3.05) is 25.4 Å². The van der Waals surface area contributed by atoms with Crippen molar-refractivity contribution in [2.24, 2.45) is 5.92 Å². The molecule has 0 radical (unpaired) electrons. The number of pyridine rings is 1. The topological polar surface area (TPSA) is 62.5 Å². The zero-order valence-corrected chi connectivity index (χ0v) is 15.7. The molecule has 4 aliphatic rings. The first kappa shape index (κ1) is 16.8. The molecule has 140 valence electrons. The third-order valence-corrected chi connectivity index (χ3v) is 6.79. The van der Waals surface area contributed by atoms with Crippen LogP contribution in [0.5, 0.6) is 0 Å². The van der Waals surface area contributed by atoms with E-state index >= 15 is 0 Å². The van der Waals surface area contributed by atoms with Crippen LogP contribution >= 0.6 is 0 Å². The van der Waals surface area contributed by atoms with Crippen LogP contribution in [0, 0.1) is 12.8 Å². The molecule has 0 aliphatic carbocycles. The van der Waals surface area contributed by atoms with Gasteiger partial charge in [0, 0.05) is 24.7 Å². The van der Waals surface area contributed by atoms with Crippen molar-refractivity contribution in [1.29, 1.82) is 0 Å². The SMILES string of the molecule is Cc1ccc([C@@H]2CN(C(=O)c3ccc(N)nc3)[C@@H]3C4CCN(CC4)[C@@H]32)cc1. The number of piperidine rings is 3. The fourth-order valence-electron chi connectivity index (χ4n) is 5.46. The van der Waals surface area contributed by atoms with Gasteiger partial charge in [0.05, 0.1) is 11.6 Å². The Labute approximate surface area is 160 Å². The number of carbonyl (C=O) groups is 1. The van der Waals surface area contributed by atoms with Crippen molar-refractivity contribution in [1.82, 2.24) is 14.8 Å². The smallest absolute Gasteiger partial charge is 0.255 e. The molecule has 2 bridgehead atoms. The van der Waals surface area contributed by atoms with Crippen LogP contribution in [0.3, 0.4) is 0 Å². The Balaban J connectivity index is 1.51. The van der Waals surface area contributed by atoms with E-state index in [0.717, 1.165) is 6.54 Å². The Morgan fingerprint density at radius 3 is 2.48 bits per heavy atom. The predicted molar refractivity (Wildman–Crippen MR) is 105 cm³/mol. The highest BCUT2D eigenvalue weighted by Gasteiger charge is 2.54. The van der Waals surface area contributed by atoms with E-state index in [9.17, 15) is 4.79 Å². The number of nitrogens with zero attached hydrogens (tertiary/aromatic N) is 3. The monoisotopic (exact) mass is 362 g/mol. The molecule has 0 saturated carbocycles. The van der Waals surface area contributed by atoms with Crippen LogP contribution in [-0.4, -0.2) is 52.4 Å². The molecular formula is C22H26N4O. The molecule has 3 atom stereocenters. The standard InChI is InChI=1S/C22H26N4O/c1-14-2-4-15(5-3-14)18-13-26(22(27)17-6-7-19(23)24-12-17)20-16-8-10-25(11-9-16)21(18)20/h2-7,12,16,18,20-21H,8-11,13H2,1H3,(H2,23,24)/t18-,20+,21+/m0/s1. The van der Waals surface area contributed by atoms with Gasteiger partial charge in [-0.3, -0.25) is 9.69 Å². The summed E-state index contributed by atoms with van der Waals surface area (Å²) in [5.74, 6) is 1.54. The van der Waals surface area contributed by atoms with Gasteiger partial charge in [-0.25, -0.2) is 4.98 Å². The van der Waals surface area contributed by atoms with Crippen LogP contribution < -0.4 is 5.73 Å². The lowest BCUT2D eigenvalue weighted by Gasteiger charge is -2.51. The molecule has 6 rings (SSSR count). The second kappa shape index (κ2) is 6.34. The van der Waals surface area contributed by atoms with Gasteiger partial charge in [0.1, 0.15) is 5.82 Å². The second-order valence-electron chi connectivity index (χ2n) is 8.30. The summed E-state index contributed by atoms with van der Waals surface area (Å²) in [7, 11) is 0. The van der Waals surface area contributed by atoms with E-state index in [4.69, 9.17) is 5.73 Å². The second-order valence-corrected chi connectivity index (χ2v) is 8.30. The number of anilines is 1. The molecule has 0 unspecified atom stereocenters. The van der Waals surface area contributed by atoms with Crippen molar-refractivity contribution in [3.8, 4) is 0 Å². The van der Waals surface area contributed by atoms with Crippen molar-refractivity contribution >= 4 is 11.7 Å². The molecule has 1 aromatic carbocycles. The summed E-state index contributed by atoms with van der Waals surface area (Å²) < 4.78 is 0. The Bertz CT molecular complexity index is 840. The number of amides is 1. The quantitative estimate of drug-likeness (QED) is 0.892. The van der Waals surface area contributed by atoms with Crippen LogP contribution in [0.1, 0.15) is 40.2 Å². The molecule has 5 nitrogen and oxygen atoms in total. The highest BCUT2D eigenvalue weighted by molar-refractivity contribution is 5.94. The van der Waals surface area contributed by atoms with Crippen molar-refractivity contribution in [3.05, 3.63) is 59.3 Å². The van der Waals surface area contributed by atoms with Crippen LogP contribution in [0.15, 0.2) is 42.6 Å². The highest BCUT2D eigenvalue weighted by atomic mass is 16.2. The van der Waals surface area contributed by atoms with Crippen LogP contribution in [0.2, 0.25) is 0 Å². The normalized spacial score (nSPS) is 31.7. The summed E-state index contributed by atoms with van der Waals surface area (Å²) in [5.41, 5.74) is 8.98. The minimum absolute atomic E-state index is 0.0980. The Kier molecular flexibility index (Phi) is 3.93. The third kappa shape index (κ3) is 2.72. The minimum Gasteiger partial charge on any atom is -0.384 e. The zero-order chi connectivity index (χ0) is 18.5. The van der Waals surface area contributed by atoms with Gasteiger partial charge < -0.3 is 10.6 Å². The molecule has 0 spiro atoms. The maximum absolute atomic E-state index is 13.3. The first-order valence-electron chi connectivity index (χ1n) is 9.95. The summed E-state index contributed by atoms with van der Waals surface area (Å²) in [5, 5.41) is 0. The lowest BCUT2D eigenvalue weighted by atomic mass is 9.75. The maximum atomic E-state index is 13.3. The first-order chi connectivity index (χ1) is 13.1. The molecule has 5 heteroatoms. The molecule has 1 amide bonds. The first-order valence-corrected chi connectivity index (χ1v) is 9.95. The van der Waals surface area contributed by atoms with Crippen LogP contribution in [0.4, 0.5) is 5.82 Å². The number of hydrogen-bond donors (Lipinski definition) is 1. The molecular weight excluding hydrogens is 336 g/mol. The Morgan fingerprint density at radius 1 is 1.07 bits per heavy atom. The van der Waals surface area contributed by atoms with E-state index < -0.39 is 0 Å². The van der Waals surface area contributed by atoms with Crippen molar-refractivity contribution in [3.63, 3.8) is 0 Å². The van der Waals surface area contributed by atoms with Gasteiger partial charge in [-0.15, -0.1) is 0 Å². The van der Waals surface area contributed by atoms with Gasteiger partial charge >= 0.3 is 0 Å². The highest BCUT2D eigenvalue weighted by Crippen LogP contribution is 2.46. The molecule has 5 heterocycles. The third-order valence-electron chi connectivity index (χ3n) is 6.79. The molecule has 27 heavy (non-hydrogen) atoms. The van der Waals surface area contributed by atoms with E-state index in [0.29, 0.717) is 35.3 Å². The zero-order valence-electron chi connectivity index (χ0n) is 15.7. The van der Waals surface area contributed by atoms with Gasteiger partial charge in [-0.1, -0.05) is 29.8 Å². The summed E-state index contributed by atoms with van der Waals surface area (Å²) in [6.45, 7) is 5.24. The minimum atomic E-state index is 0.0980. The van der Waals surface area contributed by atoms with Gasteiger partial charge in [-0.05, 0) is 56.5 Å². The van der Waals surface area contributed by atoms with E-state index in [1.807, 2.05) is 0 Å². The number of aromatic nitrogens is 1. The number of nitrogens with two attached hydrogens (primary N) is 1. The van der Waals surface area contributed by atoms with Crippen molar-refractivity contribution < 1.29 is 4.79 Å². The molecule has 2 aromatic rings. The largest absolute Gasteiger partial charge is 0.384 e. The van der Waals surface area contributed by atoms with Gasteiger partial charge in [-0.2, -0.15) is 0 Å². The van der Waals surface area contributed by atoms with E-state index in [-0.39, 0.29) is 5.91 Å². The Morgan fingerprint density at radius 2 is 1.81 bits per heavy atom. The molecule has 4 fully saturated rings. The summed E-state index contributed by atoms with van der Waals surface area (Å²) in [4.78, 5) is 22.2. The van der Waals surface area contributed by atoms with Crippen LogP contribution in [0.25, 0.3) is 0 Å². The predicted octanol–water partition coefficient (Wildman–Crippen LogP) is 2.67. The fourth-order valence-corrected chi connectivity index (χ4v) is 5.46. The van der Waals surface area contributed by atoms with Gasteiger partial charge in [0.2, 0.25) is 0 Å². The lowest BCUT2D eigenvalue weighted by Crippen LogP contribution is -2.60. The molecule has 1 aromatic heterocycles. The maximum Gasteiger partial charge on any atom is 0.255 e. The van der Waals surface area contributed by atoms with E-state index in [2.05, 4.69) is 46.0 Å². The number of fused-ring (bicyclic) bond motifs is 2. The number of nitrogen functional groups attached to an aromatic ring is 1. The number of rotatable bonds is 2. The molecule has 4 saturated heterocycles. The Hall–Kier alpha value is -2.40. The van der Waals surface area contributed by atoms with Crippen molar-refractivity contribution in [2.45, 2.75) is 37.8 Å². The fraction of sp³-hybridized carbons (Fsp3) is 0.455. The number of carbonyl (C=O) groups excluding carboxylic acids is 1. The number of hydrogen-bond acceptors (Lipinski definition) is 4. The number of aryl methyl sites for hydroxylation is 1. The molecule has 4 aliphatic heterocycles. The van der Waals surface area contributed by atoms with E-state index in [1.54, 1.807) is 18.3 Å². The number of likely N-dealkylation sites (tertiary alicyclic amines) is 1. The summed E-state index contributed by atoms with van der Waals surface area (Å²) >= 11 is 0. The van der Waals surface area contributed by atoms with Crippen LogP contribution in [-0.2, 0) is 0 Å². The molecule has 2 N–H and O–H groups in total. The number of benzene rings is 1. The summed E-state index contributed by atoms with van der Waals surface area (Å²) in [6, 6.07) is 13.1. The average Bonchev–Trinajstić information content (AvgIpc) is 3.12. The van der Waals surface area contributed by atoms with Gasteiger partial charge in [0.25, 0.3) is 5.91 Å².